The van der Waals surface area contributed by atoms with E-state index in [9.17, 15) is 14.0 Å². The van der Waals surface area contributed by atoms with Crippen LogP contribution in [0.4, 0.5) is 14.6 Å². The molecule has 0 atom stereocenters. The largest absolute Gasteiger partial charge is 0.417 e. The highest BCUT2D eigenvalue weighted by molar-refractivity contribution is 6.30. The predicted molar refractivity (Wildman–Crippen MR) is 96.8 cm³/mol. The van der Waals surface area contributed by atoms with Gasteiger partial charge in [-0.05, 0) is 17.5 Å². The third-order valence-electron chi connectivity index (χ3n) is 3.88. The summed E-state index contributed by atoms with van der Waals surface area (Å²) in [5.41, 5.74) is 0.581. The molecule has 0 saturated carbocycles. The zero-order valence-electron chi connectivity index (χ0n) is 18.2. The number of pyridine rings is 2. The molecule has 7 nitrogen and oxygen atoms in total. The first-order chi connectivity index (χ1) is 15.0. The van der Waals surface area contributed by atoms with Crippen LogP contribution >= 0.6 is 11.6 Å². The van der Waals surface area contributed by atoms with E-state index in [0.29, 0.717) is 5.56 Å². The van der Waals surface area contributed by atoms with Crippen LogP contribution in [0.1, 0.15) is 27.7 Å². The van der Waals surface area contributed by atoms with Gasteiger partial charge in [-0.1, -0.05) is 17.7 Å². The molecule has 0 spiro atoms. The maximum absolute atomic E-state index is 12.3. The third-order valence-corrected chi connectivity index (χ3v) is 4.15. The summed E-state index contributed by atoms with van der Waals surface area (Å²) >= 11 is 6.05. The molecule has 0 amide bonds. The Morgan fingerprint density at radius 3 is 2.89 bits per heavy atom. The summed E-state index contributed by atoms with van der Waals surface area (Å²) in [4.78, 5) is 9.42. The molecule has 1 aliphatic rings. The Morgan fingerprint density at radius 1 is 1.43 bits per heavy atom. The van der Waals surface area contributed by atoms with Crippen molar-refractivity contribution in [2.75, 3.05) is 18.4 Å². The van der Waals surface area contributed by atoms with Gasteiger partial charge in [-0.15, -0.1) is 0 Å². The monoisotopic (exact) mass is 408 g/mol. The van der Waals surface area contributed by atoms with Gasteiger partial charge in [0.1, 0.15) is 23.5 Å². The summed E-state index contributed by atoms with van der Waals surface area (Å²) in [7, 11) is 0. The SMILES string of the molecule is [2H]C([2H])(C#N)Nc1nc(Cl)c(C#N)c2c1CN(Cc1ccc(OC(F)F)nc1)CC2([2H])[2H]. The standard InChI is InChI=1S/C18H15ClF2N6O/c19-16-13(7-23)12-3-6-27(10-14(12)17(26-16)24-5-4-22)9-11-1-2-15(25-8-11)28-18(20)21/h1-2,8,18H,3,5-6,9-10H2,(H,24,26)/i3D2,5D2. The van der Waals surface area contributed by atoms with Crippen molar-refractivity contribution in [2.24, 2.45) is 0 Å². The van der Waals surface area contributed by atoms with Crippen LogP contribution in [0.3, 0.4) is 0 Å². The van der Waals surface area contributed by atoms with E-state index >= 15 is 0 Å². The van der Waals surface area contributed by atoms with Crippen molar-refractivity contribution in [1.29, 1.82) is 10.5 Å². The third kappa shape index (κ3) is 4.45. The molecule has 0 aromatic carbocycles. The second kappa shape index (κ2) is 8.79. The Balaban J connectivity index is 1.97. The Bertz CT molecular complexity index is 1100. The van der Waals surface area contributed by atoms with E-state index in [1.165, 1.54) is 24.4 Å². The van der Waals surface area contributed by atoms with Gasteiger partial charge in [-0.25, -0.2) is 9.97 Å². The average molecular weight is 409 g/mol. The number of anilines is 1. The van der Waals surface area contributed by atoms with Crippen LogP contribution in [0.25, 0.3) is 0 Å². The second-order valence-corrected chi connectivity index (χ2v) is 6.02. The Labute approximate surface area is 170 Å². The molecule has 3 rings (SSSR count). The van der Waals surface area contributed by atoms with E-state index in [-0.39, 0.29) is 53.2 Å². The van der Waals surface area contributed by atoms with Gasteiger partial charge in [-0.3, -0.25) is 4.90 Å². The van der Waals surface area contributed by atoms with Crippen molar-refractivity contribution in [3.05, 3.63) is 45.7 Å². The van der Waals surface area contributed by atoms with Crippen molar-refractivity contribution in [3.8, 4) is 18.0 Å². The topological polar surface area (TPSA) is 97.9 Å². The van der Waals surface area contributed by atoms with Crippen LogP contribution in [0.2, 0.25) is 5.15 Å². The molecule has 1 N–H and O–H groups in total. The van der Waals surface area contributed by atoms with Crippen LogP contribution < -0.4 is 10.1 Å². The number of nitrogens with one attached hydrogen (secondary N) is 1. The van der Waals surface area contributed by atoms with Crippen molar-refractivity contribution in [3.63, 3.8) is 0 Å². The maximum Gasteiger partial charge on any atom is 0.388 e. The first-order valence-corrected chi connectivity index (χ1v) is 8.28. The number of fused-ring (bicyclic) bond motifs is 1. The summed E-state index contributed by atoms with van der Waals surface area (Å²) in [5, 5.41) is 20.5. The zero-order valence-corrected chi connectivity index (χ0v) is 15.0. The van der Waals surface area contributed by atoms with E-state index < -0.39 is 19.5 Å². The molecule has 3 heterocycles. The fourth-order valence-corrected chi connectivity index (χ4v) is 2.96. The van der Waals surface area contributed by atoms with Crippen molar-refractivity contribution in [2.45, 2.75) is 26.1 Å². The van der Waals surface area contributed by atoms with Crippen molar-refractivity contribution in [1.82, 2.24) is 14.9 Å². The summed E-state index contributed by atoms with van der Waals surface area (Å²) in [6, 6.07) is 6.04. The lowest BCUT2D eigenvalue weighted by atomic mass is 9.96. The van der Waals surface area contributed by atoms with Gasteiger partial charge in [0, 0.05) is 40.2 Å². The number of aromatic nitrogens is 2. The molecule has 28 heavy (non-hydrogen) atoms. The van der Waals surface area contributed by atoms with Gasteiger partial charge >= 0.3 is 6.61 Å². The second-order valence-electron chi connectivity index (χ2n) is 5.66. The first kappa shape index (κ1) is 15.0. The lowest BCUT2D eigenvalue weighted by Crippen LogP contribution is -2.31. The number of hydrogen-bond donors (Lipinski definition) is 1. The van der Waals surface area contributed by atoms with Crippen LogP contribution in [0, 0.1) is 22.7 Å². The van der Waals surface area contributed by atoms with Gasteiger partial charge in [0.15, 0.2) is 0 Å². The summed E-state index contributed by atoms with van der Waals surface area (Å²) < 4.78 is 61.1. The quantitative estimate of drug-likeness (QED) is 0.579. The molecule has 0 unspecified atom stereocenters. The van der Waals surface area contributed by atoms with E-state index in [4.69, 9.17) is 22.3 Å². The molecule has 2 aromatic heterocycles. The normalized spacial score (nSPS) is 17.9. The number of hydrogen-bond acceptors (Lipinski definition) is 7. The number of rotatable bonds is 6. The van der Waals surface area contributed by atoms with E-state index in [1.54, 1.807) is 4.90 Å². The maximum atomic E-state index is 12.3. The molecule has 1 aliphatic heterocycles. The molecule has 144 valence electrons. The highest BCUT2D eigenvalue weighted by atomic mass is 35.5. The fourth-order valence-electron chi connectivity index (χ4n) is 2.74. The fraction of sp³-hybridized carbons (Fsp3) is 0.333. The molecule has 2 aromatic rings. The minimum atomic E-state index is -3.01. The average Bonchev–Trinajstić information content (AvgIpc) is 2.69. The zero-order chi connectivity index (χ0) is 23.7. The number of nitriles is 2. The van der Waals surface area contributed by atoms with Crippen LogP contribution in [0.5, 0.6) is 5.88 Å². The molecule has 0 saturated heterocycles. The molecule has 0 aliphatic carbocycles. The molecular formula is C18H15ClF2N6O. The van der Waals surface area contributed by atoms with Crippen LogP contribution in [-0.2, 0) is 19.5 Å². The molecule has 0 bridgehead atoms. The Morgan fingerprint density at radius 2 is 2.25 bits per heavy atom. The van der Waals surface area contributed by atoms with Gasteiger partial charge in [0.25, 0.3) is 0 Å². The summed E-state index contributed by atoms with van der Waals surface area (Å²) in [5.74, 6) is -0.409. The Hall–Kier alpha value is -3.01. The van der Waals surface area contributed by atoms with E-state index in [1.807, 2.05) is 6.07 Å². The van der Waals surface area contributed by atoms with Gasteiger partial charge in [0.05, 0.1) is 14.4 Å². The molecule has 10 heteroatoms. The van der Waals surface area contributed by atoms with Gasteiger partial charge < -0.3 is 10.1 Å². The van der Waals surface area contributed by atoms with E-state index in [2.05, 4.69) is 20.0 Å². The van der Waals surface area contributed by atoms with Gasteiger partial charge in [0.2, 0.25) is 5.88 Å². The lowest BCUT2D eigenvalue weighted by Gasteiger charge is -2.30. The molecular weight excluding hydrogens is 390 g/mol. The Kier molecular flexibility index (Phi) is 4.70. The lowest BCUT2D eigenvalue weighted by molar-refractivity contribution is -0.0528. The smallest absolute Gasteiger partial charge is 0.388 e. The van der Waals surface area contributed by atoms with Gasteiger partial charge in [-0.2, -0.15) is 19.3 Å². The minimum absolute atomic E-state index is 0.0219. The number of ether oxygens (including phenoxy) is 1. The van der Waals surface area contributed by atoms with E-state index in [0.717, 1.165) is 0 Å². The molecule has 0 fully saturated rings. The minimum Gasteiger partial charge on any atom is -0.417 e. The number of nitrogens with zero attached hydrogens (tertiary/aromatic N) is 5. The first-order valence-electron chi connectivity index (χ1n) is 9.90. The van der Waals surface area contributed by atoms with Crippen LogP contribution in [0.15, 0.2) is 18.3 Å². The highest BCUT2D eigenvalue weighted by Crippen LogP contribution is 2.32. The van der Waals surface area contributed by atoms with Crippen LogP contribution in [-0.4, -0.2) is 34.5 Å². The van der Waals surface area contributed by atoms with Crippen molar-refractivity contribution < 1.29 is 19.0 Å². The summed E-state index contributed by atoms with van der Waals surface area (Å²) in [6.45, 7) is -5.46. The highest BCUT2D eigenvalue weighted by Gasteiger charge is 2.25. The molecule has 0 radical (unpaired) electrons. The summed E-state index contributed by atoms with van der Waals surface area (Å²) in [6.07, 6.45) is -0.746. The number of halogens is 3. The predicted octanol–water partition coefficient (Wildman–Crippen LogP) is 3.10. The number of alkyl halides is 2. The van der Waals surface area contributed by atoms with Crippen molar-refractivity contribution >= 4 is 17.4 Å².